The van der Waals surface area contributed by atoms with E-state index in [-0.39, 0.29) is 18.2 Å². The van der Waals surface area contributed by atoms with Gasteiger partial charge in [-0.25, -0.2) is 0 Å². The monoisotopic (exact) mass is 195 g/mol. The molecule has 0 radical (unpaired) electrons. The average molecular weight is 195 g/mol. The van der Waals surface area contributed by atoms with Crippen LogP contribution in [-0.4, -0.2) is 23.3 Å². The predicted octanol–water partition coefficient (Wildman–Crippen LogP) is 1.88. The van der Waals surface area contributed by atoms with Crippen molar-refractivity contribution in [2.24, 2.45) is 0 Å². The lowest BCUT2D eigenvalue weighted by atomic mass is 10.2. The van der Waals surface area contributed by atoms with Crippen molar-refractivity contribution in [1.82, 2.24) is 4.90 Å². The van der Waals surface area contributed by atoms with Crippen LogP contribution in [-0.2, 0) is 9.59 Å². The minimum absolute atomic E-state index is 0.0866. The van der Waals surface area contributed by atoms with Crippen LogP contribution in [0.5, 0.6) is 0 Å². The molecule has 3 nitrogen and oxygen atoms in total. The lowest BCUT2D eigenvalue weighted by molar-refractivity contribution is -0.137. The van der Waals surface area contributed by atoms with Gasteiger partial charge in [0.15, 0.2) is 0 Å². The molecule has 1 rings (SSSR count). The van der Waals surface area contributed by atoms with Gasteiger partial charge in [0.25, 0.3) is 5.91 Å². The van der Waals surface area contributed by atoms with E-state index in [1.165, 1.54) is 4.90 Å². The van der Waals surface area contributed by atoms with Crippen LogP contribution >= 0.6 is 0 Å². The summed E-state index contributed by atoms with van der Waals surface area (Å²) in [5.74, 6) is -0.261. The van der Waals surface area contributed by atoms with E-state index < -0.39 is 0 Å². The molecule has 0 aromatic heterocycles. The molecule has 0 aromatic rings. The van der Waals surface area contributed by atoms with Crippen LogP contribution in [0.25, 0.3) is 0 Å². The van der Waals surface area contributed by atoms with Gasteiger partial charge in [-0.15, -0.1) is 0 Å². The van der Waals surface area contributed by atoms with Crippen molar-refractivity contribution < 1.29 is 9.59 Å². The van der Waals surface area contributed by atoms with E-state index in [4.69, 9.17) is 0 Å². The zero-order valence-electron chi connectivity index (χ0n) is 8.71. The van der Waals surface area contributed by atoms with E-state index >= 15 is 0 Å². The van der Waals surface area contributed by atoms with E-state index in [2.05, 4.69) is 13.5 Å². The van der Waals surface area contributed by atoms with E-state index in [1.54, 1.807) is 0 Å². The highest BCUT2D eigenvalue weighted by Crippen LogP contribution is 2.17. The molecule has 1 aliphatic rings. The Bertz CT molecular complexity index is 258. The van der Waals surface area contributed by atoms with E-state index in [0.29, 0.717) is 12.1 Å². The van der Waals surface area contributed by atoms with Crippen LogP contribution in [0.15, 0.2) is 12.2 Å². The van der Waals surface area contributed by atoms with E-state index in [9.17, 15) is 9.59 Å². The number of carbonyl (C=O) groups excluding carboxylic acids is 2. The van der Waals surface area contributed by atoms with Gasteiger partial charge in [-0.2, -0.15) is 0 Å². The number of likely N-dealkylation sites (tertiary alicyclic amines) is 1. The molecule has 1 aliphatic heterocycles. The maximum Gasteiger partial charge on any atom is 0.256 e. The molecule has 0 spiro atoms. The fourth-order valence-corrected chi connectivity index (χ4v) is 1.58. The highest BCUT2D eigenvalue weighted by molar-refractivity contribution is 6.12. The quantitative estimate of drug-likeness (QED) is 0.381. The molecule has 0 unspecified atom stereocenters. The van der Waals surface area contributed by atoms with Crippen LogP contribution in [0.3, 0.4) is 0 Å². The lowest BCUT2D eigenvalue weighted by Gasteiger charge is -2.12. The summed E-state index contributed by atoms with van der Waals surface area (Å²) in [7, 11) is 0. The third kappa shape index (κ3) is 2.44. The van der Waals surface area contributed by atoms with Crippen LogP contribution in [0.2, 0.25) is 0 Å². The molecule has 0 saturated carbocycles. The largest absolute Gasteiger partial charge is 0.279 e. The fourth-order valence-electron chi connectivity index (χ4n) is 1.58. The number of unbranched alkanes of at least 4 members (excludes halogenated alkanes) is 3. The van der Waals surface area contributed by atoms with Crippen molar-refractivity contribution in [3.63, 3.8) is 0 Å². The minimum atomic E-state index is -0.175. The van der Waals surface area contributed by atoms with Crippen molar-refractivity contribution in [3.05, 3.63) is 12.2 Å². The molecule has 0 atom stereocenters. The van der Waals surface area contributed by atoms with Gasteiger partial charge in [-0.3, -0.25) is 14.5 Å². The van der Waals surface area contributed by atoms with Crippen LogP contribution in [0.4, 0.5) is 0 Å². The van der Waals surface area contributed by atoms with Gasteiger partial charge in [-0.05, 0) is 6.42 Å². The van der Waals surface area contributed by atoms with Crippen LogP contribution in [0.1, 0.15) is 39.0 Å². The molecular weight excluding hydrogens is 178 g/mol. The fraction of sp³-hybridized carbons (Fsp3) is 0.636. The number of hydrogen-bond donors (Lipinski definition) is 0. The summed E-state index contributed by atoms with van der Waals surface area (Å²) >= 11 is 0. The molecule has 3 heteroatoms. The first kappa shape index (κ1) is 11.0. The first-order valence-electron chi connectivity index (χ1n) is 5.19. The summed E-state index contributed by atoms with van der Waals surface area (Å²) in [5, 5.41) is 0. The van der Waals surface area contributed by atoms with Gasteiger partial charge >= 0.3 is 0 Å². The molecule has 2 amide bonds. The smallest absolute Gasteiger partial charge is 0.256 e. The number of amides is 2. The Morgan fingerprint density at radius 3 is 2.50 bits per heavy atom. The number of carbonyl (C=O) groups is 2. The summed E-state index contributed by atoms with van der Waals surface area (Å²) in [6, 6.07) is 0. The average Bonchev–Trinajstić information content (AvgIpc) is 2.38. The molecule has 78 valence electrons. The molecule has 1 fully saturated rings. The maximum atomic E-state index is 11.4. The van der Waals surface area contributed by atoms with E-state index in [1.807, 2.05) is 0 Å². The van der Waals surface area contributed by atoms with Crippen LogP contribution in [0, 0.1) is 0 Å². The number of hydrogen-bond acceptors (Lipinski definition) is 2. The second-order valence-electron chi connectivity index (χ2n) is 3.69. The van der Waals surface area contributed by atoms with Gasteiger partial charge in [0.1, 0.15) is 0 Å². The van der Waals surface area contributed by atoms with Crippen molar-refractivity contribution >= 4 is 11.8 Å². The van der Waals surface area contributed by atoms with Crippen molar-refractivity contribution in [2.75, 3.05) is 6.54 Å². The second-order valence-corrected chi connectivity index (χ2v) is 3.69. The topological polar surface area (TPSA) is 37.4 Å². The van der Waals surface area contributed by atoms with Gasteiger partial charge in [0.2, 0.25) is 5.91 Å². The number of imide groups is 1. The first-order valence-corrected chi connectivity index (χ1v) is 5.19. The third-order valence-electron chi connectivity index (χ3n) is 2.45. The standard InChI is InChI=1S/C11H17NO2/c1-3-4-5-6-7-12-10(13)8-9(2)11(12)14/h2-8H2,1H3. The summed E-state index contributed by atoms with van der Waals surface area (Å²) < 4.78 is 0. The van der Waals surface area contributed by atoms with Crippen molar-refractivity contribution in [3.8, 4) is 0 Å². The normalized spacial score (nSPS) is 16.9. The number of rotatable bonds is 5. The SMILES string of the molecule is C=C1CC(=O)N(CCCCCC)C1=O. The highest BCUT2D eigenvalue weighted by atomic mass is 16.2. The van der Waals surface area contributed by atoms with Gasteiger partial charge in [-0.1, -0.05) is 32.8 Å². The number of nitrogens with zero attached hydrogens (tertiary/aromatic N) is 1. The molecule has 0 aliphatic carbocycles. The molecular formula is C11H17NO2. The molecule has 14 heavy (non-hydrogen) atoms. The first-order chi connectivity index (χ1) is 6.66. The van der Waals surface area contributed by atoms with Gasteiger partial charge in [0.05, 0.1) is 6.42 Å². The Hall–Kier alpha value is -1.12. The second kappa shape index (κ2) is 4.94. The zero-order chi connectivity index (χ0) is 10.6. The summed E-state index contributed by atoms with van der Waals surface area (Å²) in [4.78, 5) is 24.0. The Labute approximate surface area is 84.8 Å². The molecule has 0 bridgehead atoms. The summed E-state index contributed by atoms with van der Waals surface area (Å²) in [6.45, 7) is 6.27. The Morgan fingerprint density at radius 1 is 1.29 bits per heavy atom. The summed E-state index contributed by atoms with van der Waals surface area (Å²) in [5.41, 5.74) is 0.436. The molecule has 1 heterocycles. The highest BCUT2D eigenvalue weighted by Gasteiger charge is 2.31. The minimum Gasteiger partial charge on any atom is -0.279 e. The Balaban J connectivity index is 2.33. The van der Waals surface area contributed by atoms with Crippen molar-refractivity contribution in [1.29, 1.82) is 0 Å². The summed E-state index contributed by atoms with van der Waals surface area (Å²) in [6.07, 6.45) is 4.54. The van der Waals surface area contributed by atoms with E-state index in [0.717, 1.165) is 25.7 Å². The van der Waals surface area contributed by atoms with Gasteiger partial charge < -0.3 is 0 Å². The predicted molar refractivity (Wildman–Crippen MR) is 54.6 cm³/mol. The Kier molecular flexibility index (Phi) is 3.86. The Morgan fingerprint density at radius 2 is 2.00 bits per heavy atom. The maximum absolute atomic E-state index is 11.4. The van der Waals surface area contributed by atoms with Crippen LogP contribution < -0.4 is 0 Å². The lowest BCUT2D eigenvalue weighted by Crippen LogP contribution is -2.30. The van der Waals surface area contributed by atoms with Crippen molar-refractivity contribution in [2.45, 2.75) is 39.0 Å². The van der Waals surface area contributed by atoms with Gasteiger partial charge in [0, 0.05) is 12.1 Å². The third-order valence-corrected chi connectivity index (χ3v) is 2.45. The molecule has 1 saturated heterocycles. The zero-order valence-corrected chi connectivity index (χ0v) is 8.71. The molecule has 0 N–H and O–H groups in total. The molecule has 0 aromatic carbocycles.